The van der Waals surface area contributed by atoms with Gasteiger partial charge in [0.2, 0.25) is 11.8 Å². The zero-order valence-electron chi connectivity index (χ0n) is 13.8. The van der Waals surface area contributed by atoms with E-state index in [1.165, 1.54) is 4.88 Å². The quantitative estimate of drug-likeness (QED) is 0.879. The Kier molecular flexibility index (Phi) is 5.55. The molecule has 2 aromatic heterocycles. The molecule has 1 aliphatic rings. The van der Waals surface area contributed by atoms with Crippen LogP contribution in [-0.2, 0) is 11.3 Å². The highest BCUT2D eigenvalue weighted by Gasteiger charge is 2.26. The van der Waals surface area contributed by atoms with Crippen LogP contribution in [-0.4, -0.2) is 53.1 Å². The first-order chi connectivity index (χ1) is 11.5. The number of carbonyl (C=O) groups is 1. The molecule has 1 amide bonds. The Labute approximate surface area is 150 Å². The Morgan fingerprint density at radius 1 is 1.42 bits per heavy atom. The number of nitrogens with one attached hydrogen (secondary N) is 1. The molecule has 3 rings (SSSR count). The van der Waals surface area contributed by atoms with Crippen molar-refractivity contribution < 1.29 is 9.32 Å². The SMILES string of the molecule is Cc1cc(NC(=O)C(C)N2CCN(Cc3ccc(Cl)s3)CC2)on1. The summed E-state index contributed by atoms with van der Waals surface area (Å²) in [6, 6.07) is 5.53. The maximum atomic E-state index is 12.3. The minimum atomic E-state index is -0.200. The Morgan fingerprint density at radius 3 is 2.75 bits per heavy atom. The minimum absolute atomic E-state index is 0.0651. The lowest BCUT2D eigenvalue weighted by Crippen LogP contribution is -2.52. The molecule has 0 spiro atoms. The van der Waals surface area contributed by atoms with E-state index in [4.69, 9.17) is 16.1 Å². The van der Waals surface area contributed by atoms with Crippen LogP contribution in [0.3, 0.4) is 0 Å². The molecule has 130 valence electrons. The van der Waals surface area contributed by atoms with Gasteiger partial charge in [-0.15, -0.1) is 11.3 Å². The molecule has 3 heterocycles. The average molecular weight is 369 g/mol. The summed E-state index contributed by atoms with van der Waals surface area (Å²) in [5, 5.41) is 6.55. The van der Waals surface area contributed by atoms with E-state index in [2.05, 4.69) is 26.3 Å². The lowest BCUT2D eigenvalue weighted by Gasteiger charge is -2.37. The molecule has 0 radical (unpaired) electrons. The predicted octanol–water partition coefficient (Wildman–Crippen LogP) is 2.84. The Hall–Kier alpha value is -1.41. The van der Waals surface area contributed by atoms with Gasteiger partial charge in [-0.25, -0.2) is 0 Å². The Bertz CT molecular complexity index is 694. The fourth-order valence-corrected chi connectivity index (χ4v) is 3.91. The van der Waals surface area contributed by atoms with E-state index >= 15 is 0 Å². The number of piperazine rings is 1. The second-order valence-electron chi connectivity index (χ2n) is 6.02. The number of nitrogens with zero attached hydrogens (tertiary/aromatic N) is 3. The second-order valence-corrected chi connectivity index (χ2v) is 7.82. The number of aromatic nitrogens is 1. The summed E-state index contributed by atoms with van der Waals surface area (Å²) in [7, 11) is 0. The van der Waals surface area contributed by atoms with Gasteiger partial charge in [-0.05, 0) is 26.0 Å². The van der Waals surface area contributed by atoms with Gasteiger partial charge in [0, 0.05) is 43.7 Å². The topological polar surface area (TPSA) is 61.6 Å². The Balaban J connectivity index is 1.47. The van der Waals surface area contributed by atoms with Crippen molar-refractivity contribution >= 4 is 34.7 Å². The van der Waals surface area contributed by atoms with E-state index in [-0.39, 0.29) is 11.9 Å². The molecular weight excluding hydrogens is 348 g/mol. The highest BCUT2D eigenvalue weighted by atomic mass is 35.5. The number of rotatable bonds is 5. The maximum absolute atomic E-state index is 12.3. The van der Waals surface area contributed by atoms with Crippen molar-refractivity contribution in [2.45, 2.75) is 26.4 Å². The number of carbonyl (C=O) groups excluding carboxylic acids is 1. The first kappa shape index (κ1) is 17.4. The van der Waals surface area contributed by atoms with Crippen LogP contribution >= 0.6 is 22.9 Å². The molecule has 6 nitrogen and oxygen atoms in total. The van der Waals surface area contributed by atoms with Gasteiger partial charge >= 0.3 is 0 Å². The van der Waals surface area contributed by atoms with Crippen molar-refractivity contribution in [3.63, 3.8) is 0 Å². The van der Waals surface area contributed by atoms with Crippen molar-refractivity contribution in [1.82, 2.24) is 15.0 Å². The van der Waals surface area contributed by atoms with E-state index in [1.54, 1.807) is 17.4 Å². The number of thiophene rings is 1. The summed E-state index contributed by atoms with van der Waals surface area (Å²) in [4.78, 5) is 18.2. The third kappa shape index (κ3) is 4.36. The van der Waals surface area contributed by atoms with E-state index in [0.29, 0.717) is 5.88 Å². The van der Waals surface area contributed by atoms with Crippen molar-refractivity contribution in [3.05, 3.63) is 33.1 Å². The third-order valence-electron chi connectivity index (χ3n) is 4.22. The van der Waals surface area contributed by atoms with Crippen molar-refractivity contribution in [2.75, 3.05) is 31.5 Å². The molecule has 0 bridgehead atoms. The van der Waals surface area contributed by atoms with Crippen molar-refractivity contribution in [1.29, 1.82) is 0 Å². The second kappa shape index (κ2) is 7.65. The molecule has 8 heteroatoms. The van der Waals surface area contributed by atoms with Gasteiger partial charge in [0.15, 0.2) is 0 Å². The number of hydrogen-bond acceptors (Lipinski definition) is 6. The summed E-state index contributed by atoms with van der Waals surface area (Å²) >= 11 is 7.61. The lowest BCUT2D eigenvalue weighted by atomic mass is 10.2. The summed E-state index contributed by atoms with van der Waals surface area (Å²) in [6.45, 7) is 8.27. The molecule has 1 unspecified atom stereocenters. The van der Waals surface area contributed by atoms with Crippen LogP contribution in [0.2, 0.25) is 4.34 Å². The van der Waals surface area contributed by atoms with Crippen molar-refractivity contribution in [3.8, 4) is 0 Å². The summed E-state index contributed by atoms with van der Waals surface area (Å²) in [5.74, 6) is 0.335. The molecule has 1 saturated heterocycles. The zero-order valence-corrected chi connectivity index (χ0v) is 15.4. The molecule has 1 fully saturated rings. The van der Waals surface area contributed by atoms with Gasteiger partial charge in [0.1, 0.15) is 0 Å². The standard InChI is InChI=1S/C16H21ClN4O2S/c1-11-9-15(23-19-11)18-16(22)12(2)21-7-5-20(6-8-21)10-13-3-4-14(17)24-13/h3-4,9,12H,5-8,10H2,1-2H3,(H,18,22). The van der Waals surface area contributed by atoms with E-state index in [9.17, 15) is 4.79 Å². The van der Waals surface area contributed by atoms with E-state index in [0.717, 1.165) is 42.8 Å². The molecule has 1 aliphatic heterocycles. The van der Waals surface area contributed by atoms with Crippen LogP contribution in [0.25, 0.3) is 0 Å². The van der Waals surface area contributed by atoms with Crippen LogP contribution < -0.4 is 5.32 Å². The molecular formula is C16H21ClN4O2S. The molecule has 24 heavy (non-hydrogen) atoms. The predicted molar refractivity (Wildman–Crippen MR) is 95.5 cm³/mol. The number of amides is 1. The van der Waals surface area contributed by atoms with Gasteiger partial charge in [0.25, 0.3) is 0 Å². The van der Waals surface area contributed by atoms with Crippen LogP contribution in [0.1, 0.15) is 17.5 Å². The molecule has 1 atom stereocenters. The monoisotopic (exact) mass is 368 g/mol. The number of halogens is 1. The molecule has 1 N–H and O–H groups in total. The van der Waals surface area contributed by atoms with Gasteiger partial charge in [-0.2, -0.15) is 0 Å². The van der Waals surface area contributed by atoms with E-state index in [1.807, 2.05) is 19.9 Å². The van der Waals surface area contributed by atoms with Gasteiger partial charge in [0.05, 0.1) is 16.1 Å². The zero-order chi connectivity index (χ0) is 17.1. The highest BCUT2D eigenvalue weighted by Crippen LogP contribution is 2.23. The van der Waals surface area contributed by atoms with Gasteiger partial charge in [-0.1, -0.05) is 16.8 Å². The minimum Gasteiger partial charge on any atom is -0.338 e. The molecule has 0 saturated carbocycles. The molecule has 0 aromatic carbocycles. The number of aryl methyl sites for hydroxylation is 1. The highest BCUT2D eigenvalue weighted by molar-refractivity contribution is 7.16. The lowest BCUT2D eigenvalue weighted by molar-refractivity contribution is -0.121. The normalized spacial score (nSPS) is 17.8. The first-order valence-corrected chi connectivity index (χ1v) is 9.15. The molecule has 0 aliphatic carbocycles. The van der Waals surface area contributed by atoms with Crippen molar-refractivity contribution in [2.24, 2.45) is 0 Å². The fraction of sp³-hybridized carbons (Fsp3) is 0.500. The van der Waals surface area contributed by atoms with Crippen LogP contribution in [0, 0.1) is 6.92 Å². The van der Waals surface area contributed by atoms with E-state index < -0.39 is 0 Å². The Morgan fingerprint density at radius 2 is 2.17 bits per heavy atom. The van der Waals surface area contributed by atoms with Crippen LogP contribution in [0.5, 0.6) is 0 Å². The fourth-order valence-electron chi connectivity index (χ4n) is 2.78. The number of hydrogen-bond donors (Lipinski definition) is 1. The maximum Gasteiger partial charge on any atom is 0.243 e. The van der Waals surface area contributed by atoms with Crippen LogP contribution in [0.15, 0.2) is 22.7 Å². The van der Waals surface area contributed by atoms with Crippen LogP contribution in [0.4, 0.5) is 5.88 Å². The summed E-state index contributed by atoms with van der Waals surface area (Å²) in [5.41, 5.74) is 0.750. The van der Waals surface area contributed by atoms with Gasteiger partial charge in [-0.3, -0.25) is 19.9 Å². The summed E-state index contributed by atoms with van der Waals surface area (Å²) < 4.78 is 5.87. The summed E-state index contributed by atoms with van der Waals surface area (Å²) in [6.07, 6.45) is 0. The third-order valence-corrected chi connectivity index (χ3v) is 5.43. The number of anilines is 1. The largest absolute Gasteiger partial charge is 0.338 e. The molecule has 2 aromatic rings. The van der Waals surface area contributed by atoms with Gasteiger partial charge < -0.3 is 4.52 Å². The first-order valence-electron chi connectivity index (χ1n) is 7.96. The average Bonchev–Trinajstić information content (AvgIpc) is 3.15. The smallest absolute Gasteiger partial charge is 0.243 e.